The number of carbonyl (C=O) groups excluding carboxylic acids is 1. The molecule has 2 unspecified atom stereocenters. The zero-order chi connectivity index (χ0) is 15.9. The highest BCUT2D eigenvalue weighted by atomic mass is 35.5. The molecule has 1 fully saturated rings. The molecular weight excluding hydrogens is 324 g/mol. The summed E-state index contributed by atoms with van der Waals surface area (Å²) in [5.41, 5.74) is 0.518. The van der Waals surface area contributed by atoms with Gasteiger partial charge >= 0.3 is 6.09 Å². The van der Waals surface area contributed by atoms with Crippen molar-refractivity contribution in [2.45, 2.75) is 56.2 Å². The summed E-state index contributed by atoms with van der Waals surface area (Å²) in [6, 6.07) is 0.217. The topological polar surface area (TPSA) is 76.1 Å². The van der Waals surface area contributed by atoms with Crippen LogP contribution in [0.2, 0.25) is 5.28 Å². The van der Waals surface area contributed by atoms with Crippen LogP contribution < -0.4 is 10.6 Å². The molecule has 1 amide bonds. The summed E-state index contributed by atoms with van der Waals surface area (Å²) in [6.07, 6.45) is 1.38. The lowest BCUT2D eigenvalue weighted by atomic mass is 10.2. The number of thioether (sulfide) groups is 1. The lowest BCUT2D eigenvalue weighted by molar-refractivity contribution is 0.0523. The van der Waals surface area contributed by atoms with E-state index in [0.717, 1.165) is 35.0 Å². The molecule has 0 spiro atoms. The lowest BCUT2D eigenvalue weighted by Crippen LogP contribution is -2.35. The number of hydrogen-bond acceptors (Lipinski definition) is 6. The Morgan fingerprint density at radius 1 is 1.36 bits per heavy atom. The summed E-state index contributed by atoms with van der Waals surface area (Å²) in [6.45, 7) is 5.54. The normalized spacial score (nSPS) is 22.9. The second-order valence-corrected chi connectivity index (χ2v) is 7.90. The van der Waals surface area contributed by atoms with Crippen molar-refractivity contribution < 1.29 is 9.53 Å². The van der Waals surface area contributed by atoms with Gasteiger partial charge in [-0.3, -0.25) is 0 Å². The number of ether oxygens (including phenoxy) is 1. The summed E-state index contributed by atoms with van der Waals surface area (Å²) in [5, 5.41) is 6.47. The van der Waals surface area contributed by atoms with Crippen LogP contribution in [-0.4, -0.2) is 39.5 Å². The monoisotopic (exact) mass is 342 g/mol. The molecule has 1 saturated carbocycles. The molecule has 120 valence electrons. The van der Waals surface area contributed by atoms with Crippen LogP contribution in [0.3, 0.4) is 0 Å². The van der Waals surface area contributed by atoms with Gasteiger partial charge < -0.3 is 15.4 Å². The molecule has 2 aliphatic rings. The molecule has 1 aliphatic heterocycles. The molecule has 2 atom stereocenters. The van der Waals surface area contributed by atoms with Crippen LogP contribution in [0.15, 0.2) is 4.90 Å². The molecule has 6 nitrogen and oxygen atoms in total. The molecule has 2 N–H and O–H groups in total. The number of amides is 1. The van der Waals surface area contributed by atoms with Gasteiger partial charge in [0.15, 0.2) is 0 Å². The summed E-state index contributed by atoms with van der Waals surface area (Å²) >= 11 is 7.70. The zero-order valence-corrected chi connectivity index (χ0v) is 14.3. The second-order valence-electron chi connectivity index (χ2n) is 6.45. The van der Waals surface area contributed by atoms with Gasteiger partial charge in [-0.1, -0.05) is 0 Å². The molecule has 0 saturated heterocycles. The molecule has 2 heterocycles. The van der Waals surface area contributed by atoms with E-state index in [1.165, 1.54) is 0 Å². The van der Waals surface area contributed by atoms with E-state index in [2.05, 4.69) is 20.6 Å². The molecule has 8 heteroatoms. The van der Waals surface area contributed by atoms with Gasteiger partial charge in [0, 0.05) is 12.2 Å². The number of carbonyl (C=O) groups is 1. The van der Waals surface area contributed by atoms with Crippen molar-refractivity contribution in [1.29, 1.82) is 0 Å². The first-order chi connectivity index (χ1) is 10.3. The Kier molecular flexibility index (Phi) is 4.11. The molecule has 1 aliphatic carbocycles. The van der Waals surface area contributed by atoms with Crippen LogP contribution >= 0.6 is 23.4 Å². The summed E-state index contributed by atoms with van der Waals surface area (Å²) < 4.78 is 5.25. The highest BCUT2D eigenvalue weighted by Crippen LogP contribution is 2.38. The van der Waals surface area contributed by atoms with E-state index in [0.29, 0.717) is 0 Å². The van der Waals surface area contributed by atoms with Crippen molar-refractivity contribution in [1.82, 2.24) is 15.3 Å². The molecular formula is C14H19ClN4O2S. The second kappa shape index (κ2) is 5.77. The van der Waals surface area contributed by atoms with Gasteiger partial charge in [-0.25, -0.2) is 9.78 Å². The number of fused-ring (bicyclic) bond motifs is 1. The largest absolute Gasteiger partial charge is 0.444 e. The number of nitrogens with zero attached hydrogens (tertiary/aromatic N) is 2. The van der Waals surface area contributed by atoms with Crippen molar-refractivity contribution in [3.63, 3.8) is 0 Å². The Hall–Kier alpha value is -1.21. The zero-order valence-electron chi connectivity index (χ0n) is 12.8. The predicted molar refractivity (Wildman–Crippen MR) is 86.7 cm³/mol. The van der Waals surface area contributed by atoms with Gasteiger partial charge in [-0.15, -0.1) is 11.8 Å². The van der Waals surface area contributed by atoms with Gasteiger partial charge in [-0.05, 0) is 38.8 Å². The quantitative estimate of drug-likeness (QED) is 0.823. The van der Waals surface area contributed by atoms with Crippen LogP contribution in [0.1, 0.15) is 32.9 Å². The first-order valence-electron chi connectivity index (χ1n) is 7.27. The van der Waals surface area contributed by atoms with Crippen molar-refractivity contribution in [2.75, 3.05) is 11.1 Å². The fraction of sp³-hybridized carbons (Fsp3) is 0.643. The number of hydrogen-bond donors (Lipinski definition) is 2. The Labute approximate surface area is 138 Å². The molecule has 1 aromatic rings. The lowest BCUT2D eigenvalue weighted by Gasteiger charge is -2.19. The Morgan fingerprint density at radius 2 is 2.14 bits per heavy atom. The van der Waals surface area contributed by atoms with E-state index in [4.69, 9.17) is 16.3 Å². The van der Waals surface area contributed by atoms with Gasteiger partial charge in [0.1, 0.15) is 11.4 Å². The van der Waals surface area contributed by atoms with Crippen LogP contribution in [0.4, 0.5) is 10.6 Å². The number of aromatic nitrogens is 2. The average molecular weight is 343 g/mol. The Morgan fingerprint density at radius 3 is 2.86 bits per heavy atom. The third-order valence-electron chi connectivity index (χ3n) is 3.31. The van der Waals surface area contributed by atoms with Crippen molar-refractivity contribution >= 4 is 35.3 Å². The number of aryl methyl sites for hydroxylation is 1. The smallest absolute Gasteiger partial charge is 0.407 e. The summed E-state index contributed by atoms with van der Waals surface area (Å²) in [5.74, 6) is 1.78. The number of alkyl carbamates (subject to hydrolysis) is 1. The minimum atomic E-state index is -0.487. The minimum absolute atomic E-state index is 0.0608. The molecule has 0 radical (unpaired) electrons. The standard InChI is InChI=1S/C14H19ClN4O2S/c1-14(2,3)21-13(20)18-9-6-8(9)16-11-10-7(4-5-22-10)17-12(15)19-11/h8-9H,4-6H2,1-3H3,(H,18,20)(H,16,17,19). The summed E-state index contributed by atoms with van der Waals surface area (Å²) in [4.78, 5) is 21.3. The molecule has 3 rings (SSSR count). The fourth-order valence-corrected chi connectivity index (χ4v) is 3.53. The molecule has 0 bridgehead atoms. The average Bonchev–Trinajstić information content (AvgIpc) is 2.90. The number of rotatable bonds is 3. The van der Waals surface area contributed by atoms with E-state index < -0.39 is 5.60 Å². The van der Waals surface area contributed by atoms with Crippen LogP contribution in [-0.2, 0) is 11.2 Å². The van der Waals surface area contributed by atoms with Crippen LogP contribution in [0.5, 0.6) is 0 Å². The third kappa shape index (κ3) is 3.76. The van der Waals surface area contributed by atoms with Gasteiger partial charge in [0.05, 0.1) is 22.7 Å². The first-order valence-corrected chi connectivity index (χ1v) is 8.63. The van der Waals surface area contributed by atoms with Crippen molar-refractivity contribution in [3.05, 3.63) is 11.0 Å². The predicted octanol–water partition coefficient (Wildman–Crippen LogP) is 2.86. The number of nitrogens with one attached hydrogen (secondary N) is 2. The van der Waals surface area contributed by atoms with Gasteiger partial charge in [0.25, 0.3) is 0 Å². The molecule has 0 aromatic carbocycles. The number of anilines is 1. The van der Waals surface area contributed by atoms with Crippen molar-refractivity contribution in [3.8, 4) is 0 Å². The summed E-state index contributed by atoms with van der Waals surface area (Å²) in [7, 11) is 0. The van der Waals surface area contributed by atoms with Crippen molar-refractivity contribution in [2.24, 2.45) is 0 Å². The van der Waals surface area contributed by atoms with Crippen LogP contribution in [0, 0.1) is 0 Å². The van der Waals surface area contributed by atoms with E-state index in [1.54, 1.807) is 11.8 Å². The minimum Gasteiger partial charge on any atom is -0.444 e. The first kappa shape index (κ1) is 15.7. The van der Waals surface area contributed by atoms with E-state index >= 15 is 0 Å². The SMILES string of the molecule is CC(C)(C)OC(=O)NC1CC1Nc1nc(Cl)nc2c1SCC2. The maximum absolute atomic E-state index is 11.7. The third-order valence-corrected chi connectivity index (χ3v) is 4.60. The van der Waals surface area contributed by atoms with Crippen LogP contribution in [0.25, 0.3) is 0 Å². The molecule has 22 heavy (non-hydrogen) atoms. The Bertz CT molecular complexity index is 605. The van der Waals surface area contributed by atoms with Gasteiger partial charge in [0.2, 0.25) is 5.28 Å². The maximum Gasteiger partial charge on any atom is 0.407 e. The molecule has 1 aromatic heterocycles. The maximum atomic E-state index is 11.7. The highest BCUT2D eigenvalue weighted by Gasteiger charge is 2.40. The van der Waals surface area contributed by atoms with E-state index in [9.17, 15) is 4.79 Å². The van der Waals surface area contributed by atoms with E-state index in [1.807, 2.05) is 20.8 Å². The number of halogens is 1. The van der Waals surface area contributed by atoms with E-state index in [-0.39, 0.29) is 23.5 Å². The van der Waals surface area contributed by atoms with Gasteiger partial charge in [-0.2, -0.15) is 4.98 Å². The Balaban J connectivity index is 1.57. The fourth-order valence-electron chi connectivity index (χ4n) is 2.28. The highest BCUT2D eigenvalue weighted by molar-refractivity contribution is 7.99.